The maximum atomic E-state index is 12.0. The molecule has 0 bridgehead atoms. The zero-order valence-electron chi connectivity index (χ0n) is 12.5. The molecule has 1 aliphatic heterocycles. The number of nitrogens with two attached hydrogens (primary N) is 1. The molecule has 0 saturated carbocycles. The highest BCUT2D eigenvalue weighted by molar-refractivity contribution is 7.89. The summed E-state index contributed by atoms with van der Waals surface area (Å²) in [6.07, 6.45) is 3.48. The number of tetrazole rings is 1. The molecule has 0 unspecified atom stereocenters. The number of nitrogens with one attached hydrogen (secondary N) is 2. The van der Waals surface area contributed by atoms with Crippen LogP contribution in [-0.2, 0) is 16.4 Å². The fraction of sp³-hybridized carbons (Fsp3) is 0.231. The summed E-state index contributed by atoms with van der Waals surface area (Å²) in [6.45, 7) is 0.836. The Labute approximate surface area is 137 Å². The van der Waals surface area contributed by atoms with Gasteiger partial charge in [0, 0.05) is 12.1 Å². The highest BCUT2D eigenvalue weighted by Gasteiger charge is 2.25. The Morgan fingerprint density at radius 3 is 2.88 bits per heavy atom. The van der Waals surface area contributed by atoms with E-state index < -0.39 is 10.0 Å². The van der Waals surface area contributed by atoms with Gasteiger partial charge in [-0.05, 0) is 29.7 Å². The zero-order chi connectivity index (χ0) is 16.7. The summed E-state index contributed by atoms with van der Waals surface area (Å²) < 4.78 is 24.0. The zero-order valence-corrected chi connectivity index (χ0v) is 13.3. The van der Waals surface area contributed by atoms with Crippen LogP contribution in [0, 0.1) is 0 Å². The number of aromatic amines is 1. The highest BCUT2D eigenvalue weighted by Crippen LogP contribution is 2.36. The summed E-state index contributed by atoms with van der Waals surface area (Å²) in [5.41, 5.74) is 5.91. The van der Waals surface area contributed by atoms with Gasteiger partial charge in [-0.15, -0.1) is 10.2 Å². The van der Waals surface area contributed by atoms with Gasteiger partial charge < -0.3 is 5.43 Å². The number of benzene rings is 1. The van der Waals surface area contributed by atoms with Crippen molar-refractivity contribution in [2.24, 2.45) is 5.14 Å². The minimum Gasteiger partial charge on any atom is -0.310 e. The standard InChI is InChI=1S/C13H14N8O2S/c14-24(22,23)11-5-1-3-8(12(11)13-17-19-20-18-13)9-7-16-21-10(9)4-2-6-15-21/h1,3,5,7,15H,2,4,6H2,(H2,14,22,23)(H,17,18,19,20). The van der Waals surface area contributed by atoms with Gasteiger partial charge in [-0.25, -0.2) is 13.6 Å². The van der Waals surface area contributed by atoms with Crippen molar-refractivity contribution in [3.05, 3.63) is 30.1 Å². The molecule has 124 valence electrons. The number of hydrogen-bond donors (Lipinski definition) is 3. The molecular formula is C13H14N8O2S. The molecule has 0 aliphatic carbocycles. The molecule has 3 heterocycles. The SMILES string of the molecule is NS(=O)(=O)c1cccc(-c2cnn3c2CCCN3)c1-c1nn[nH]n1. The van der Waals surface area contributed by atoms with E-state index in [-0.39, 0.29) is 10.7 Å². The van der Waals surface area contributed by atoms with Crippen LogP contribution in [-0.4, -0.2) is 45.5 Å². The van der Waals surface area contributed by atoms with Crippen molar-refractivity contribution < 1.29 is 8.42 Å². The molecule has 0 atom stereocenters. The summed E-state index contributed by atoms with van der Waals surface area (Å²) in [6, 6.07) is 4.87. The first-order valence-electron chi connectivity index (χ1n) is 7.26. The van der Waals surface area contributed by atoms with Gasteiger partial charge in [0.15, 0.2) is 0 Å². The predicted molar refractivity (Wildman–Crippen MR) is 84.8 cm³/mol. The Bertz CT molecular complexity index is 993. The van der Waals surface area contributed by atoms with Gasteiger partial charge in [0.1, 0.15) is 0 Å². The summed E-state index contributed by atoms with van der Waals surface area (Å²) in [5, 5.41) is 23.4. The minimum absolute atomic E-state index is 0.0508. The van der Waals surface area contributed by atoms with Gasteiger partial charge in [0.25, 0.3) is 0 Å². The topological polar surface area (TPSA) is 144 Å². The van der Waals surface area contributed by atoms with Gasteiger partial charge in [-0.1, -0.05) is 12.1 Å². The number of hydrogen-bond acceptors (Lipinski definition) is 7. The molecule has 4 N–H and O–H groups in total. The van der Waals surface area contributed by atoms with Crippen LogP contribution >= 0.6 is 0 Å². The molecule has 1 aliphatic rings. The van der Waals surface area contributed by atoms with Gasteiger partial charge in [-0.2, -0.15) is 15.1 Å². The van der Waals surface area contributed by atoms with Crippen molar-refractivity contribution in [2.45, 2.75) is 17.7 Å². The lowest BCUT2D eigenvalue weighted by Crippen LogP contribution is -2.25. The molecule has 3 aromatic rings. The van der Waals surface area contributed by atoms with Crippen LogP contribution < -0.4 is 10.6 Å². The van der Waals surface area contributed by atoms with E-state index in [9.17, 15) is 8.42 Å². The number of sulfonamides is 1. The van der Waals surface area contributed by atoms with Crippen LogP contribution in [0.2, 0.25) is 0 Å². The second-order valence-electron chi connectivity index (χ2n) is 5.39. The van der Waals surface area contributed by atoms with Crippen molar-refractivity contribution in [1.82, 2.24) is 30.5 Å². The number of aromatic nitrogens is 6. The second kappa shape index (κ2) is 5.39. The van der Waals surface area contributed by atoms with Crippen LogP contribution in [0.3, 0.4) is 0 Å². The lowest BCUT2D eigenvalue weighted by Gasteiger charge is -2.18. The largest absolute Gasteiger partial charge is 0.310 e. The third-order valence-corrected chi connectivity index (χ3v) is 4.87. The first-order valence-corrected chi connectivity index (χ1v) is 8.81. The Kier molecular flexibility index (Phi) is 3.32. The summed E-state index contributed by atoms with van der Waals surface area (Å²) >= 11 is 0. The molecule has 10 nitrogen and oxygen atoms in total. The van der Waals surface area contributed by atoms with Crippen molar-refractivity contribution in [1.29, 1.82) is 0 Å². The van der Waals surface area contributed by atoms with Crippen LogP contribution in [0.15, 0.2) is 29.3 Å². The molecule has 0 spiro atoms. The van der Waals surface area contributed by atoms with E-state index in [0.717, 1.165) is 30.6 Å². The van der Waals surface area contributed by atoms with Crippen molar-refractivity contribution >= 4 is 10.0 Å². The molecular weight excluding hydrogens is 332 g/mol. The molecule has 0 radical (unpaired) electrons. The molecule has 0 amide bonds. The van der Waals surface area contributed by atoms with E-state index in [1.165, 1.54) is 6.07 Å². The third-order valence-electron chi connectivity index (χ3n) is 3.91. The van der Waals surface area contributed by atoms with E-state index in [1.54, 1.807) is 23.1 Å². The normalized spacial score (nSPS) is 14.2. The number of H-pyrrole nitrogens is 1. The molecule has 0 fully saturated rings. The Morgan fingerprint density at radius 1 is 1.25 bits per heavy atom. The smallest absolute Gasteiger partial charge is 0.238 e. The van der Waals surface area contributed by atoms with E-state index in [4.69, 9.17) is 5.14 Å². The summed E-state index contributed by atoms with van der Waals surface area (Å²) in [7, 11) is -3.96. The lowest BCUT2D eigenvalue weighted by molar-refractivity contribution is 0.598. The fourth-order valence-electron chi connectivity index (χ4n) is 2.91. The van der Waals surface area contributed by atoms with Crippen LogP contribution in [0.5, 0.6) is 0 Å². The van der Waals surface area contributed by atoms with Gasteiger partial charge in [0.2, 0.25) is 15.8 Å². The number of primary sulfonamides is 1. The monoisotopic (exact) mass is 346 g/mol. The van der Waals surface area contributed by atoms with Crippen LogP contribution in [0.1, 0.15) is 12.1 Å². The first-order chi connectivity index (χ1) is 11.6. The first kappa shape index (κ1) is 14.8. The second-order valence-corrected chi connectivity index (χ2v) is 6.92. The van der Waals surface area contributed by atoms with Crippen LogP contribution in [0.4, 0.5) is 0 Å². The highest BCUT2D eigenvalue weighted by atomic mass is 32.2. The summed E-state index contributed by atoms with van der Waals surface area (Å²) in [4.78, 5) is 1.66. The molecule has 11 heteroatoms. The third kappa shape index (κ3) is 2.34. The van der Waals surface area contributed by atoms with Gasteiger partial charge in [0.05, 0.1) is 22.3 Å². The number of rotatable bonds is 3. The fourth-order valence-corrected chi connectivity index (χ4v) is 3.66. The average molecular weight is 346 g/mol. The number of nitrogens with zero attached hydrogens (tertiary/aromatic N) is 5. The molecule has 1 aromatic carbocycles. The minimum atomic E-state index is -3.96. The quantitative estimate of drug-likeness (QED) is 0.599. The number of fused-ring (bicyclic) bond motifs is 1. The Hall–Kier alpha value is -2.79. The molecule has 2 aromatic heterocycles. The van der Waals surface area contributed by atoms with E-state index in [1.807, 2.05) is 0 Å². The maximum Gasteiger partial charge on any atom is 0.238 e. The van der Waals surface area contributed by atoms with E-state index >= 15 is 0 Å². The lowest BCUT2D eigenvalue weighted by atomic mass is 9.97. The maximum absolute atomic E-state index is 12.0. The van der Waals surface area contributed by atoms with Gasteiger partial charge >= 0.3 is 0 Å². The van der Waals surface area contributed by atoms with Crippen molar-refractivity contribution in [2.75, 3.05) is 12.0 Å². The van der Waals surface area contributed by atoms with Crippen molar-refractivity contribution in [3.63, 3.8) is 0 Å². The molecule has 0 saturated heterocycles. The molecule has 24 heavy (non-hydrogen) atoms. The Balaban J connectivity index is 2.02. The average Bonchev–Trinajstić information content (AvgIpc) is 3.23. The van der Waals surface area contributed by atoms with E-state index in [0.29, 0.717) is 11.1 Å². The summed E-state index contributed by atoms with van der Waals surface area (Å²) in [5.74, 6) is 0.165. The predicted octanol–water partition coefficient (Wildman–Crippen LogP) is -0.133. The van der Waals surface area contributed by atoms with E-state index in [2.05, 4.69) is 31.1 Å². The molecule has 4 rings (SSSR count). The van der Waals surface area contributed by atoms with Crippen molar-refractivity contribution in [3.8, 4) is 22.5 Å². The Morgan fingerprint density at radius 2 is 2.12 bits per heavy atom. The van der Waals surface area contributed by atoms with Gasteiger partial charge in [-0.3, -0.25) is 0 Å². The van der Waals surface area contributed by atoms with Crippen LogP contribution in [0.25, 0.3) is 22.5 Å².